The van der Waals surface area contributed by atoms with Gasteiger partial charge in [-0.2, -0.15) is 4.76 Å². The third kappa shape index (κ3) is 6.69. The van der Waals surface area contributed by atoms with Crippen molar-refractivity contribution in [1.29, 1.82) is 0 Å². The van der Waals surface area contributed by atoms with E-state index >= 15 is 0 Å². The minimum atomic E-state index is -2.42. The quantitative estimate of drug-likeness (QED) is 0.619. The Labute approximate surface area is 172 Å². The van der Waals surface area contributed by atoms with Gasteiger partial charge in [0, 0.05) is 32.8 Å². The summed E-state index contributed by atoms with van der Waals surface area (Å²) in [6, 6.07) is 0. The Kier molecular flexibility index (Phi) is 7.10. The molecule has 0 aromatic heterocycles. The molecule has 2 heterocycles. The lowest BCUT2D eigenvalue weighted by Crippen LogP contribution is -2.38. The summed E-state index contributed by atoms with van der Waals surface area (Å²) >= 11 is 6.25. The van der Waals surface area contributed by atoms with E-state index in [0.29, 0.717) is 0 Å². The fraction of sp³-hybridized carbons (Fsp3) is 0.950. The first-order valence-electron chi connectivity index (χ1n) is 10.2. The van der Waals surface area contributed by atoms with Gasteiger partial charge >= 0.3 is 0 Å². The van der Waals surface area contributed by atoms with Crippen LogP contribution in [0.2, 0.25) is 0 Å². The number of rotatable bonds is 4. The first-order valence-corrected chi connectivity index (χ1v) is 12.9. The van der Waals surface area contributed by atoms with Crippen LogP contribution >= 0.6 is 6.42 Å². The van der Waals surface area contributed by atoms with Gasteiger partial charge in [-0.1, -0.05) is 20.8 Å². The van der Waals surface area contributed by atoms with Crippen LogP contribution in [-0.4, -0.2) is 66.4 Å². The van der Waals surface area contributed by atoms with Gasteiger partial charge in [0.05, 0.1) is 17.8 Å². The minimum Gasteiger partial charge on any atom is -0.375 e. The topological polar surface area (TPSA) is 37.3 Å². The molecule has 5 nitrogen and oxygen atoms in total. The maximum atomic E-state index is 6.58. The molecular weight excluding hydrogens is 377 g/mol. The summed E-state index contributed by atoms with van der Waals surface area (Å²) in [5.41, 5.74) is 0.186. The van der Waals surface area contributed by atoms with Crippen molar-refractivity contribution in [3.8, 4) is 0 Å². The fourth-order valence-electron chi connectivity index (χ4n) is 3.94. The second kappa shape index (κ2) is 8.30. The van der Waals surface area contributed by atoms with Gasteiger partial charge in [-0.25, -0.2) is 0 Å². The molecule has 27 heavy (non-hydrogen) atoms. The Hall–Kier alpha value is -0.160. The lowest BCUT2D eigenvalue weighted by molar-refractivity contribution is -0.0561. The molecule has 7 heteroatoms. The van der Waals surface area contributed by atoms with Crippen molar-refractivity contribution in [3.05, 3.63) is 0 Å². The van der Waals surface area contributed by atoms with Gasteiger partial charge in [0.25, 0.3) is 0 Å². The molecule has 0 aromatic carbocycles. The molecule has 158 valence electrons. The van der Waals surface area contributed by atoms with Crippen LogP contribution in [0.1, 0.15) is 67.7 Å². The lowest BCUT2D eigenvalue weighted by atomic mass is 9.86. The van der Waals surface area contributed by atoms with Crippen molar-refractivity contribution < 1.29 is 9.26 Å². The SMILES string of the molecule is C[C@H]1CC(P(=S)(N=C2N(C)CCN2C)OC(C)(C)C)C[C@@H](CC(C)(C)C)O1. The van der Waals surface area contributed by atoms with E-state index in [1.54, 1.807) is 0 Å². The van der Waals surface area contributed by atoms with Gasteiger partial charge in [-0.3, -0.25) is 0 Å². The van der Waals surface area contributed by atoms with Crippen LogP contribution in [0, 0.1) is 5.41 Å². The fourth-order valence-corrected chi connectivity index (χ4v) is 8.10. The second-order valence-electron chi connectivity index (χ2n) is 10.5. The van der Waals surface area contributed by atoms with Gasteiger partial charge in [0.1, 0.15) is 0 Å². The lowest BCUT2D eigenvalue weighted by Gasteiger charge is -2.42. The summed E-state index contributed by atoms with van der Waals surface area (Å²) in [4.78, 5) is 4.39. The predicted octanol–water partition coefficient (Wildman–Crippen LogP) is 4.72. The van der Waals surface area contributed by atoms with Crippen LogP contribution < -0.4 is 0 Å². The van der Waals surface area contributed by atoms with Crippen LogP contribution in [0.3, 0.4) is 0 Å². The molecular formula is C20H40N3O2PS. The monoisotopic (exact) mass is 417 g/mol. The normalized spacial score (nSPS) is 29.8. The molecule has 2 unspecified atom stereocenters. The number of ether oxygens (including phenoxy) is 1. The summed E-state index contributed by atoms with van der Waals surface area (Å²) in [5, 5.41) is 0. The summed E-state index contributed by atoms with van der Waals surface area (Å²) in [5.74, 6) is 0.981. The third-order valence-electron chi connectivity index (χ3n) is 4.95. The molecule has 0 N–H and O–H groups in total. The number of hydrogen-bond donors (Lipinski definition) is 0. The molecule has 0 bridgehead atoms. The molecule has 0 amide bonds. The van der Waals surface area contributed by atoms with Crippen LogP contribution in [0.4, 0.5) is 0 Å². The van der Waals surface area contributed by atoms with E-state index in [2.05, 4.69) is 72.4 Å². The first-order chi connectivity index (χ1) is 12.2. The Morgan fingerprint density at radius 2 is 1.67 bits per heavy atom. The van der Waals surface area contributed by atoms with Crippen molar-refractivity contribution >= 4 is 24.2 Å². The highest BCUT2D eigenvalue weighted by atomic mass is 32.4. The largest absolute Gasteiger partial charge is 0.375 e. The Morgan fingerprint density at radius 3 is 2.15 bits per heavy atom. The highest BCUT2D eigenvalue weighted by molar-refractivity contribution is 8.12. The van der Waals surface area contributed by atoms with E-state index in [1.807, 2.05) is 0 Å². The summed E-state index contributed by atoms with van der Waals surface area (Å²) in [6.45, 7) is 17.2. The maximum absolute atomic E-state index is 6.58. The van der Waals surface area contributed by atoms with E-state index in [1.165, 1.54) is 0 Å². The third-order valence-corrected chi connectivity index (χ3v) is 8.93. The molecule has 2 saturated heterocycles. The standard InChI is InChI=1S/C20H40N3O2PS/c1-15-12-17(13-16(24-15)14-19(2,3)4)26(27,25-20(5,6)7)21-18-22(8)10-11-23(18)9/h15-17H,10-14H2,1-9H3/t15-,16-,17?,26?/m0/s1. The molecule has 2 aliphatic heterocycles. The molecule has 2 aliphatic rings. The molecule has 4 atom stereocenters. The van der Waals surface area contributed by atoms with E-state index in [0.717, 1.165) is 38.3 Å². The zero-order chi connectivity index (χ0) is 20.6. The van der Waals surface area contributed by atoms with Gasteiger partial charge < -0.3 is 19.1 Å². The zero-order valence-corrected chi connectivity index (χ0v) is 20.5. The zero-order valence-electron chi connectivity index (χ0n) is 18.8. The van der Waals surface area contributed by atoms with Gasteiger partial charge in [-0.15, -0.1) is 0 Å². The average Bonchev–Trinajstić information content (AvgIpc) is 2.74. The molecule has 0 spiro atoms. The van der Waals surface area contributed by atoms with Crippen molar-refractivity contribution in [2.75, 3.05) is 27.2 Å². The maximum Gasteiger partial charge on any atom is 0.202 e. The average molecular weight is 418 g/mol. The molecule has 0 aromatic rings. The number of guanidine groups is 1. The van der Waals surface area contributed by atoms with Crippen LogP contribution in [-0.2, 0) is 21.1 Å². The van der Waals surface area contributed by atoms with Crippen molar-refractivity contribution in [2.24, 2.45) is 10.2 Å². The van der Waals surface area contributed by atoms with Crippen molar-refractivity contribution in [1.82, 2.24) is 9.80 Å². The smallest absolute Gasteiger partial charge is 0.202 e. The molecule has 0 radical (unpaired) electrons. The summed E-state index contributed by atoms with van der Waals surface area (Å²) in [6.07, 6.45) is 0.908. The van der Waals surface area contributed by atoms with Gasteiger partial charge in [0.15, 0.2) is 6.42 Å². The first kappa shape index (κ1) is 23.1. The van der Waals surface area contributed by atoms with Crippen LogP contribution in [0.5, 0.6) is 0 Å². The van der Waals surface area contributed by atoms with E-state index in [9.17, 15) is 0 Å². The Bertz CT molecular complexity index is 585. The highest BCUT2D eigenvalue weighted by Crippen LogP contribution is 2.61. The van der Waals surface area contributed by atoms with Crippen molar-refractivity contribution in [3.63, 3.8) is 0 Å². The number of likely N-dealkylation sites (N-methyl/N-ethyl adjacent to an activating group) is 2. The van der Waals surface area contributed by atoms with Crippen LogP contribution in [0.25, 0.3) is 0 Å². The summed E-state index contributed by atoms with van der Waals surface area (Å²) in [7, 11) is 4.18. The predicted molar refractivity (Wildman–Crippen MR) is 119 cm³/mol. The Morgan fingerprint density at radius 1 is 1.11 bits per heavy atom. The molecule has 2 fully saturated rings. The second-order valence-corrected chi connectivity index (χ2v) is 14.3. The molecule has 2 rings (SSSR count). The summed E-state index contributed by atoms with van der Waals surface area (Å²) < 4.78 is 18.0. The van der Waals surface area contributed by atoms with E-state index in [-0.39, 0.29) is 28.9 Å². The number of hydrogen-bond acceptors (Lipinski definition) is 3. The molecule has 0 aliphatic carbocycles. The highest BCUT2D eigenvalue weighted by Gasteiger charge is 2.41. The van der Waals surface area contributed by atoms with Gasteiger partial charge in [-0.05, 0) is 64.2 Å². The minimum absolute atomic E-state index is 0.196. The number of nitrogens with zero attached hydrogens (tertiary/aromatic N) is 3. The van der Waals surface area contributed by atoms with E-state index in [4.69, 9.17) is 25.8 Å². The van der Waals surface area contributed by atoms with Crippen molar-refractivity contribution in [2.45, 2.75) is 91.2 Å². The Balaban J connectivity index is 2.35. The van der Waals surface area contributed by atoms with Crippen LogP contribution in [0.15, 0.2) is 4.76 Å². The molecule has 0 saturated carbocycles. The van der Waals surface area contributed by atoms with E-state index < -0.39 is 6.42 Å². The van der Waals surface area contributed by atoms with Gasteiger partial charge in [0.2, 0.25) is 5.96 Å².